The van der Waals surface area contributed by atoms with Gasteiger partial charge in [0, 0.05) is 18.1 Å². The van der Waals surface area contributed by atoms with Crippen LogP contribution in [0.2, 0.25) is 0 Å². The summed E-state index contributed by atoms with van der Waals surface area (Å²) in [6, 6.07) is 15.8. The van der Waals surface area contributed by atoms with Gasteiger partial charge in [0.05, 0.1) is 0 Å². The van der Waals surface area contributed by atoms with E-state index >= 15 is 0 Å². The van der Waals surface area contributed by atoms with Crippen molar-refractivity contribution in [3.05, 3.63) is 66.0 Å². The van der Waals surface area contributed by atoms with Gasteiger partial charge in [-0.3, -0.25) is 4.79 Å². The highest BCUT2D eigenvalue weighted by atomic mass is 32.2. The van der Waals surface area contributed by atoms with Gasteiger partial charge < -0.3 is 10.1 Å². The Morgan fingerprint density at radius 3 is 2.57 bits per heavy atom. The second kappa shape index (κ2) is 9.20. The third kappa shape index (κ3) is 6.32. The van der Waals surface area contributed by atoms with Crippen molar-refractivity contribution in [3.8, 4) is 5.75 Å². The molecule has 23 heavy (non-hydrogen) atoms. The summed E-state index contributed by atoms with van der Waals surface area (Å²) in [5.74, 6) is 1.74. The lowest BCUT2D eigenvalue weighted by Gasteiger charge is -2.14. The number of hydrogen-bond acceptors (Lipinski definition) is 3. The molecule has 1 atom stereocenters. The van der Waals surface area contributed by atoms with Gasteiger partial charge in [0.1, 0.15) is 11.6 Å². The van der Waals surface area contributed by atoms with E-state index in [0.717, 1.165) is 11.5 Å². The number of ether oxygens (including phenoxy) is 1. The molecule has 0 fully saturated rings. The normalized spacial score (nSPS) is 11.7. The minimum Gasteiger partial charge on any atom is -0.481 e. The van der Waals surface area contributed by atoms with E-state index < -0.39 is 6.10 Å². The van der Waals surface area contributed by atoms with E-state index in [1.165, 1.54) is 29.8 Å². The maximum absolute atomic E-state index is 12.8. The molecule has 0 aliphatic carbocycles. The molecule has 0 unspecified atom stereocenters. The summed E-state index contributed by atoms with van der Waals surface area (Å²) < 4.78 is 18.3. The fraction of sp³-hybridized carbons (Fsp3) is 0.278. The Morgan fingerprint density at radius 1 is 1.17 bits per heavy atom. The highest BCUT2D eigenvalue weighted by Gasteiger charge is 2.13. The van der Waals surface area contributed by atoms with Crippen LogP contribution in [0.25, 0.3) is 0 Å². The van der Waals surface area contributed by atoms with Crippen molar-refractivity contribution in [2.24, 2.45) is 0 Å². The molecule has 1 N–H and O–H groups in total. The number of benzene rings is 2. The Morgan fingerprint density at radius 2 is 1.87 bits per heavy atom. The molecule has 0 aliphatic rings. The zero-order valence-corrected chi connectivity index (χ0v) is 13.8. The van der Waals surface area contributed by atoms with Crippen LogP contribution in [0, 0.1) is 5.82 Å². The summed E-state index contributed by atoms with van der Waals surface area (Å²) in [7, 11) is 0. The molecule has 2 rings (SSSR count). The first-order valence-corrected chi connectivity index (χ1v) is 8.62. The lowest BCUT2D eigenvalue weighted by atomic mass is 10.2. The van der Waals surface area contributed by atoms with E-state index in [2.05, 4.69) is 17.4 Å². The maximum atomic E-state index is 12.8. The van der Waals surface area contributed by atoms with Gasteiger partial charge in [-0.1, -0.05) is 30.3 Å². The molecule has 0 saturated heterocycles. The number of hydrogen-bond donors (Lipinski definition) is 1. The zero-order chi connectivity index (χ0) is 16.5. The fourth-order valence-electron chi connectivity index (χ4n) is 1.93. The third-order valence-electron chi connectivity index (χ3n) is 3.15. The first-order chi connectivity index (χ1) is 11.1. The first-order valence-electron chi connectivity index (χ1n) is 7.47. The van der Waals surface area contributed by atoms with Crippen molar-refractivity contribution >= 4 is 17.7 Å². The number of thioether (sulfide) groups is 1. The molecule has 2 aromatic rings. The number of carbonyl (C=O) groups is 1. The highest BCUT2D eigenvalue weighted by molar-refractivity contribution is 7.98. The van der Waals surface area contributed by atoms with Gasteiger partial charge in [-0.15, -0.1) is 0 Å². The van der Waals surface area contributed by atoms with E-state index in [0.29, 0.717) is 12.3 Å². The average Bonchev–Trinajstić information content (AvgIpc) is 2.57. The van der Waals surface area contributed by atoms with Crippen LogP contribution in [0.1, 0.15) is 12.5 Å². The summed E-state index contributed by atoms with van der Waals surface area (Å²) in [6.07, 6.45) is -0.611. The van der Waals surface area contributed by atoms with Gasteiger partial charge in [-0.25, -0.2) is 4.39 Å². The van der Waals surface area contributed by atoms with Crippen molar-refractivity contribution in [2.45, 2.75) is 18.8 Å². The van der Waals surface area contributed by atoms with Gasteiger partial charge in [0.25, 0.3) is 5.91 Å². The number of halogens is 1. The Balaban J connectivity index is 1.63. The van der Waals surface area contributed by atoms with E-state index in [4.69, 9.17) is 4.74 Å². The third-order valence-corrected chi connectivity index (χ3v) is 4.18. The summed E-state index contributed by atoms with van der Waals surface area (Å²) in [5.41, 5.74) is 1.27. The van der Waals surface area contributed by atoms with Gasteiger partial charge >= 0.3 is 0 Å². The molecule has 0 bridgehead atoms. The molecule has 1 amide bonds. The molecule has 0 aromatic heterocycles. The minimum atomic E-state index is -0.611. The summed E-state index contributed by atoms with van der Waals surface area (Å²) >= 11 is 1.77. The van der Waals surface area contributed by atoms with E-state index in [1.54, 1.807) is 18.7 Å². The molecule has 0 saturated carbocycles. The molecular weight excluding hydrogens is 313 g/mol. The minimum absolute atomic E-state index is 0.172. The van der Waals surface area contributed by atoms with Crippen LogP contribution in [0.5, 0.6) is 5.75 Å². The largest absolute Gasteiger partial charge is 0.481 e. The second-order valence-electron chi connectivity index (χ2n) is 5.04. The molecule has 0 spiro atoms. The molecule has 2 aromatic carbocycles. The molecule has 0 radical (unpaired) electrons. The Hall–Kier alpha value is -2.01. The maximum Gasteiger partial charge on any atom is 0.260 e. The van der Waals surface area contributed by atoms with Crippen molar-refractivity contribution in [3.63, 3.8) is 0 Å². The average molecular weight is 333 g/mol. The van der Waals surface area contributed by atoms with E-state index in [-0.39, 0.29) is 11.7 Å². The summed E-state index contributed by atoms with van der Waals surface area (Å²) in [4.78, 5) is 11.9. The van der Waals surface area contributed by atoms with Crippen LogP contribution in [-0.4, -0.2) is 24.3 Å². The number of amides is 1. The van der Waals surface area contributed by atoms with Crippen LogP contribution in [0.4, 0.5) is 4.39 Å². The zero-order valence-electron chi connectivity index (χ0n) is 13.0. The monoisotopic (exact) mass is 333 g/mol. The lowest BCUT2D eigenvalue weighted by molar-refractivity contribution is -0.127. The van der Waals surface area contributed by atoms with Crippen molar-refractivity contribution < 1.29 is 13.9 Å². The van der Waals surface area contributed by atoms with Crippen LogP contribution >= 0.6 is 11.8 Å². The second-order valence-corrected chi connectivity index (χ2v) is 6.15. The SMILES string of the molecule is C[C@H](Oc1ccc(F)cc1)C(=O)NCCSCc1ccccc1. The predicted octanol–water partition coefficient (Wildman–Crippen LogP) is 3.64. The number of rotatable bonds is 8. The van der Waals surface area contributed by atoms with Gasteiger partial charge in [-0.2, -0.15) is 11.8 Å². The number of carbonyl (C=O) groups excluding carboxylic acids is 1. The van der Waals surface area contributed by atoms with E-state index in [9.17, 15) is 9.18 Å². The molecule has 0 aliphatic heterocycles. The topological polar surface area (TPSA) is 38.3 Å². The Kier molecular flexibility index (Phi) is 6.94. The van der Waals surface area contributed by atoms with Crippen LogP contribution < -0.4 is 10.1 Å². The van der Waals surface area contributed by atoms with Crippen molar-refractivity contribution in [2.75, 3.05) is 12.3 Å². The standard InChI is InChI=1S/C18H20FNO2S/c1-14(22-17-9-7-16(19)8-10-17)18(21)20-11-12-23-13-15-5-3-2-4-6-15/h2-10,14H,11-13H2,1H3,(H,20,21)/t14-/m0/s1. The fourth-order valence-corrected chi connectivity index (χ4v) is 2.74. The number of nitrogens with one attached hydrogen (secondary N) is 1. The molecular formula is C18H20FNO2S. The van der Waals surface area contributed by atoms with Crippen molar-refractivity contribution in [1.82, 2.24) is 5.32 Å². The highest BCUT2D eigenvalue weighted by Crippen LogP contribution is 2.13. The Bertz CT molecular complexity index is 604. The summed E-state index contributed by atoms with van der Waals surface area (Å²) in [5, 5.41) is 2.84. The van der Waals surface area contributed by atoms with Gasteiger partial charge in [0.15, 0.2) is 6.10 Å². The van der Waals surface area contributed by atoms with Crippen LogP contribution in [0.15, 0.2) is 54.6 Å². The van der Waals surface area contributed by atoms with Crippen molar-refractivity contribution in [1.29, 1.82) is 0 Å². The molecule has 5 heteroatoms. The molecule has 122 valence electrons. The van der Waals surface area contributed by atoms with Gasteiger partial charge in [-0.05, 0) is 36.8 Å². The lowest BCUT2D eigenvalue weighted by Crippen LogP contribution is -2.37. The predicted molar refractivity (Wildman–Crippen MR) is 92.1 cm³/mol. The van der Waals surface area contributed by atoms with Gasteiger partial charge in [0.2, 0.25) is 0 Å². The van der Waals surface area contributed by atoms with Crippen LogP contribution in [0.3, 0.4) is 0 Å². The molecule has 3 nitrogen and oxygen atoms in total. The first kappa shape index (κ1) is 17.3. The Labute approximate surface area is 140 Å². The van der Waals surface area contributed by atoms with E-state index in [1.807, 2.05) is 18.2 Å². The quantitative estimate of drug-likeness (QED) is 0.750. The smallest absolute Gasteiger partial charge is 0.260 e. The summed E-state index contributed by atoms with van der Waals surface area (Å²) in [6.45, 7) is 2.27. The molecule has 0 heterocycles. The van der Waals surface area contributed by atoms with Crippen LogP contribution in [-0.2, 0) is 10.5 Å².